The molecule has 1 fully saturated rings. The van der Waals surface area contributed by atoms with Crippen molar-refractivity contribution in [1.29, 1.82) is 0 Å². The normalized spacial score (nSPS) is 18.8. The van der Waals surface area contributed by atoms with Crippen LogP contribution < -0.4 is 5.73 Å². The van der Waals surface area contributed by atoms with Crippen molar-refractivity contribution >= 4 is 11.8 Å². The van der Waals surface area contributed by atoms with Gasteiger partial charge in [-0.2, -0.15) is 11.8 Å². The average Bonchev–Trinajstić information content (AvgIpc) is 2.60. The zero-order chi connectivity index (χ0) is 10.7. The minimum absolute atomic E-state index is 0.476. The summed E-state index contributed by atoms with van der Waals surface area (Å²) < 4.78 is 2.76. The molecule has 0 saturated heterocycles. The van der Waals surface area contributed by atoms with Crippen molar-refractivity contribution in [1.82, 2.24) is 9.55 Å². The zero-order valence-corrected chi connectivity index (χ0v) is 10.1. The molecule has 0 bridgehead atoms. The van der Waals surface area contributed by atoms with E-state index < -0.39 is 0 Å². The molecule has 0 atom stereocenters. The van der Waals surface area contributed by atoms with E-state index in [0.717, 1.165) is 13.0 Å². The Morgan fingerprint density at radius 2 is 2.40 bits per heavy atom. The lowest BCUT2D eigenvalue weighted by Gasteiger charge is -2.41. The monoisotopic (exact) mass is 225 g/mol. The number of thioether (sulfide) groups is 1. The number of imidazole rings is 1. The lowest BCUT2D eigenvalue weighted by atomic mass is 9.84. The highest BCUT2D eigenvalue weighted by atomic mass is 32.2. The van der Waals surface area contributed by atoms with Crippen molar-refractivity contribution in [2.24, 2.45) is 5.73 Å². The van der Waals surface area contributed by atoms with Gasteiger partial charge in [-0.3, -0.25) is 0 Å². The smallest absolute Gasteiger partial charge is 0.0948 e. The van der Waals surface area contributed by atoms with Crippen LogP contribution in [-0.2, 0) is 13.0 Å². The van der Waals surface area contributed by atoms with Crippen LogP contribution >= 0.6 is 11.8 Å². The molecular weight excluding hydrogens is 206 g/mol. The molecule has 1 aromatic heterocycles. The van der Waals surface area contributed by atoms with Gasteiger partial charge in [-0.25, -0.2) is 4.98 Å². The Kier molecular flexibility index (Phi) is 3.36. The van der Waals surface area contributed by atoms with E-state index in [0.29, 0.717) is 11.3 Å². The van der Waals surface area contributed by atoms with Gasteiger partial charge in [0.1, 0.15) is 0 Å². The van der Waals surface area contributed by atoms with Gasteiger partial charge in [-0.1, -0.05) is 6.42 Å². The third-order valence-corrected chi connectivity index (χ3v) is 4.76. The fraction of sp³-hybridized carbons (Fsp3) is 0.727. The Bertz CT molecular complexity index is 312. The fourth-order valence-electron chi connectivity index (χ4n) is 2.15. The first-order valence-corrected chi connectivity index (χ1v) is 6.76. The van der Waals surface area contributed by atoms with Gasteiger partial charge in [0.15, 0.2) is 0 Å². The molecule has 0 amide bonds. The molecule has 0 aromatic carbocycles. The van der Waals surface area contributed by atoms with E-state index >= 15 is 0 Å². The van der Waals surface area contributed by atoms with Gasteiger partial charge in [-0.15, -0.1) is 0 Å². The Hall–Kier alpha value is -0.480. The first-order chi connectivity index (χ1) is 7.29. The summed E-state index contributed by atoms with van der Waals surface area (Å²) in [5.41, 5.74) is 6.86. The summed E-state index contributed by atoms with van der Waals surface area (Å²) in [7, 11) is 0. The molecule has 0 aliphatic heterocycles. The van der Waals surface area contributed by atoms with Crippen LogP contribution in [0.4, 0.5) is 0 Å². The van der Waals surface area contributed by atoms with E-state index in [1.807, 2.05) is 24.3 Å². The molecule has 3 nitrogen and oxygen atoms in total. The highest BCUT2D eigenvalue weighted by molar-refractivity contribution is 8.00. The summed E-state index contributed by atoms with van der Waals surface area (Å²) in [4.78, 5) is 4.22. The maximum Gasteiger partial charge on any atom is 0.0948 e. The average molecular weight is 225 g/mol. The van der Waals surface area contributed by atoms with E-state index in [1.165, 1.54) is 25.0 Å². The van der Waals surface area contributed by atoms with Crippen molar-refractivity contribution < 1.29 is 0 Å². The Balaban J connectivity index is 2.06. The molecule has 1 heterocycles. The number of hydrogen-bond acceptors (Lipinski definition) is 3. The van der Waals surface area contributed by atoms with Gasteiger partial charge in [0.25, 0.3) is 0 Å². The summed E-state index contributed by atoms with van der Waals surface area (Å²) >= 11 is 2.00. The summed E-state index contributed by atoms with van der Waals surface area (Å²) in [5.74, 6) is 0. The molecule has 4 heteroatoms. The molecule has 15 heavy (non-hydrogen) atoms. The molecule has 0 unspecified atom stereocenters. The minimum atomic E-state index is 0.476. The van der Waals surface area contributed by atoms with Crippen LogP contribution in [0.5, 0.6) is 0 Å². The van der Waals surface area contributed by atoms with Crippen LogP contribution in [0.3, 0.4) is 0 Å². The Labute approximate surface area is 95.4 Å². The topological polar surface area (TPSA) is 43.8 Å². The van der Waals surface area contributed by atoms with Crippen LogP contribution in [0.1, 0.15) is 25.0 Å². The van der Waals surface area contributed by atoms with Gasteiger partial charge in [0.2, 0.25) is 0 Å². The third-order valence-electron chi connectivity index (χ3n) is 3.36. The number of aromatic nitrogens is 2. The minimum Gasteiger partial charge on any atom is -0.333 e. The fourth-order valence-corrected chi connectivity index (χ4v) is 3.12. The molecule has 2 N–H and O–H groups in total. The largest absolute Gasteiger partial charge is 0.333 e. The van der Waals surface area contributed by atoms with Gasteiger partial charge in [0.05, 0.1) is 6.33 Å². The maximum absolute atomic E-state index is 5.59. The van der Waals surface area contributed by atoms with Crippen LogP contribution in [0, 0.1) is 0 Å². The number of nitrogens with zero attached hydrogens (tertiary/aromatic N) is 2. The predicted octanol–water partition coefficient (Wildman–Crippen LogP) is 1.67. The van der Waals surface area contributed by atoms with Crippen LogP contribution in [0.15, 0.2) is 12.5 Å². The quantitative estimate of drug-likeness (QED) is 0.829. The molecule has 0 spiro atoms. The van der Waals surface area contributed by atoms with Crippen molar-refractivity contribution in [3.63, 3.8) is 0 Å². The van der Waals surface area contributed by atoms with E-state index in [9.17, 15) is 0 Å². The third kappa shape index (κ3) is 2.21. The lowest BCUT2D eigenvalue weighted by Crippen LogP contribution is -2.38. The lowest BCUT2D eigenvalue weighted by molar-refractivity contribution is 0.318. The van der Waals surface area contributed by atoms with Crippen molar-refractivity contribution in [3.8, 4) is 0 Å². The van der Waals surface area contributed by atoms with Crippen molar-refractivity contribution in [2.45, 2.75) is 37.0 Å². The maximum atomic E-state index is 5.59. The van der Waals surface area contributed by atoms with Crippen molar-refractivity contribution in [3.05, 3.63) is 18.2 Å². The van der Waals surface area contributed by atoms with E-state index in [4.69, 9.17) is 5.73 Å². The Morgan fingerprint density at radius 3 is 2.93 bits per heavy atom. The summed E-state index contributed by atoms with van der Waals surface area (Å²) in [6.45, 7) is 1.81. The van der Waals surface area contributed by atoms with E-state index in [1.54, 1.807) is 0 Å². The van der Waals surface area contributed by atoms with Gasteiger partial charge in [-0.05, 0) is 25.6 Å². The number of nitrogens with two attached hydrogens (primary N) is 1. The van der Waals surface area contributed by atoms with Crippen LogP contribution in [0.2, 0.25) is 0 Å². The zero-order valence-electron chi connectivity index (χ0n) is 9.28. The molecule has 1 saturated carbocycles. The van der Waals surface area contributed by atoms with Crippen molar-refractivity contribution in [2.75, 3.05) is 12.8 Å². The standard InChI is InChI=1S/C11H19N3S/c1-15-11(4-2-5-11)8-14-9-13-7-10(14)3-6-12/h7,9H,2-6,8,12H2,1H3. The molecule has 2 rings (SSSR count). The van der Waals surface area contributed by atoms with E-state index in [-0.39, 0.29) is 0 Å². The molecule has 1 aliphatic rings. The number of rotatable bonds is 5. The van der Waals surface area contributed by atoms with Gasteiger partial charge >= 0.3 is 0 Å². The number of hydrogen-bond donors (Lipinski definition) is 1. The summed E-state index contributed by atoms with van der Waals surface area (Å²) in [6.07, 6.45) is 11.1. The highest BCUT2D eigenvalue weighted by Gasteiger charge is 2.36. The molecule has 1 aromatic rings. The summed E-state index contributed by atoms with van der Waals surface area (Å²) in [5, 5.41) is 0. The highest BCUT2D eigenvalue weighted by Crippen LogP contribution is 2.44. The summed E-state index contributed by atoms with van der Waals surface area (Å²) in [6, 6.07) is 0. The second-order valence-corrected chi connectivity index (χ2v) is 5.57. The van der Waals surface area contributed by atoms with Gasteiger partial charge in [0, 0.05) is 29.6 Å². The van der Waals surface area contributed by atoms with E-state index in [2.05, 4.69) is 15.8 Å². The molecule has 84 valence electrons. The second-order valence-electron chi connectivity index (χ2n) is 4.29. The molecular formula is C11H19N3S. The SMILES string of the molecule is CSC1(Cn2cncc2CCN)CCC1. The first kappa shape index (κ1) is 11.0. The molecule has 0 radical (unpaired) electrons. The predicted molar refractivity (Wildman–Crippen MR) is 65.1 cm³/mol. The first-order valence-electron chi connectivity index (χ1n) is 5.54. The van der Waals surface area contributed by atoms with Gasteiger partial charge < -0.3 is 10.3 Å². The van der Waals surface area contributed by atoms with Crippen LogP contribution in [-0.4, -0.2) is 27.1 Å². The second kappa shape index (κ2) is 4.58. The molecule has 1 aliphatic carbocycles. The van der Waals surface area contributed by atoms with Crippen LogP contribution in [0.25, 0.3) is 0 Å². The Morgan fingerprint density at radius 1 is 1.60 bits per heavy atom.